The summed E-state index contributed by atoms with van der Waals surface area (Å²) >= 11 is 0. The highest BCUT2D eigenvalue weighted by Crippen LogP contribution is 2.28. The lowest BCUT2D eigenvalue weighted by Gasteiger charge is -2.15. The summed E-state index contributed by atoms with van der Waals surface area (Å²) in [5.41, 5.74) is 1.59. The van der Waals surface area contributed by atoms with Gasteiger partial charge in [-0.25, -0.2) is 13.1 Å². The SMILES string of the molecule is CCC(C)NS(=O)(=O)c1ccc(NC(=O)COc2ccccc2C(C)CC)cc1. The molecule has 2 atom stereocenters. The molecule has 0 radical (unpaired) electrons. The van der Waals surface area contributed by atoms with Gasteiger partial charge >= 0.3 is 0 Å². The van der Waals surface area contributed by atoms with Gasteiger partial charge in [-0.1, -0.05) is 39.0 Å². The van der Waals surface area contributed by atoms with E-state index in [9.17, 15) is 13.2 Å². The second-order valence-corrected chi connectivity index (χ2v) is 8.85. The van der Waals surface area contributed by atoms with E-state index in [-0.39, 0.29) is 23.5 Å². The van der Waals surface area contributed by atoms with Crippen molar-refractivity contribution in [1.29, 1.82) is 0 Å². The van der Waals surface area contributed by atoms with Gasteiger partial charge in [0.1, 0.15) is 5.75 Å². The molecule has 1 amide bonds. The zero-order valence-corrected chi connectivity index (χ0v) is 18.3. The molecule has 0 saturated carbocycles. The predicted octanol–water partition coefficient (Wildman–Crippen LogP) is 4.29. The molecule has 7 heteroatoms. The molecule has 2 unspecified atom stereocenters. The molecule has 6 nitrogen and oxygen atoms in total. The van der Waals surface area contributed by atoms with Crippen LogP contribution in [0.3, 0.4) is 0 Å². The number of ether oxygens (including phenoxy) is 1. The lowest BCUT2D eigenvalue weighted by molar-refractivity contribution is -0.118. The van der Waals surface area contributed by atoms with Crippen molar-refractivity contribution in [2.45, 2.75) is 57.4 Å². The number of carbonyl (C=O) groups excluding carboxylic acids is 1. The molecule has 0 aliphatic rings. The lowest BCUT2D eigenvalue weighted by Crippen LogP contribution is -2.32. The number of rotatable bonds is 10. The maximum absolute atomic E-state index is 12.3. The highest BCUT2D eigenvalue weighted by molar-refractivity contribution is 7.89. The second kappa shape index (κ2) is 10.4. The number of hydrogen-bond donors (Lipinski definition) is 2. The Hall–Kier alpha value is -2.38. The molecule has 2 aromatic rings. The molecule has 2 rings (SSSR count). The second-order valence-electron chi connectivity index (χ2n) is 7.14. The summed E-state index contributed by atoms with van der Waals surface area (Å²) in [5.74, 6) is 0.736. The van der Waals surface area contributed by atoms with Crippen LogP contribution in [0.15, 0.2) is 53.4 Å². The molecule has 2 N–H and O–H groups in total. The Morgan fingerprint density at radius 1 is 1.00 bits per heavy atom. The first kappa shape index (κ1) is 22.9. The van der Waals surface area contributed by atoms with Crippen LogP contribution in [0, 0.1) is 0 Å². The van der Waals surface area contributed by atoms with E-state index in [0.717, 1.165) is 12.0 Å². The number of anilines is 1. The number of carbonyl (C=O) groups is 1. The predicted molar refractivity (Wildman–Crippen MR) is 116 cm³/mol. The molecule has 0 aromatic heterocycles. The van der Waals surface area contributed by atoms with Crippen LogP contribution in [-0.4, -0.2) is 27.0 Å². The molecule has 0 bridgehead atoms. The molecule has 0 heterocycles. The Kier molecular flexibility index (Phi) is 8.22. The van der Waals surface area contributed by atoms with E-state index in [2.05, 4.69) is 23.9 Å². The van der Waals surface area contributed by atoms with E-state index < -0.39 is 10.0 Å². The third-order valence-electron chi connectivity index (χ3n) is 4.84. The molecular formula is C22H30N2O4S. The zero-order chi connectivity index (χ0) is 21.4. The van der Waals surface area contributed by atoms with Crippen molar-refractivity contribution in [3.63, 3.8) is 0 Å². The molecule has 0 saturated heterocycles. The minimum atomic E-state index is -3.57. The van der Waals surface area contributed by atoms with E-state index in [1.165, 1.54) is 12.1 Å². The van der Waals surface area contributed by atoms with Gasteiger partial charge in [0.15, 0.2) is 6.61 Å². The van der Waals surface area contributed by atoms with Crippen molar-refractivity contribution < 1.29 is 17.9 Å². The molecule has 2 aromatic carbocycles. The highest BCUT2D eigenvalue weighted by atomic mass is 32.2. The standard InChI is InChI=1S/C22H30N2O4S/c1-5-16(3)20-9-7-8-10-21(20)28-15-22(25)23-18-11-13-19(14-12-18)29(26,27)24-17(4)6-2/h7-14,16-17,24H,5-6,15H2,1-4H3,(H,23,25). The number of nitrogens with one attached hydrogen (secondary N) is 2. The topological polar surface area (TPSA) is 84.5 Å². The number of amides is 1. The summed E-state index contributed by atoms with van der Waals surface area (Å²) in [6.07, 6.45) is 1.68. The maximum atomic E-state index is 12.3. The average molecular weight is 419 g/mol. The molecule has 158 valence electrons. The number of para-hydroxylation sites is 1. The minimum Gasteiger partial charge on any atom is -0.483 e. The van der Waals surface area contributed by atoms with E-state index in [4.69, 9.17) is 4.74 Å². The Bertz CT molecular complexity index is 911. The van der Waals surface area contributed by atoms with Gasteiger partial charge in [-0.05, 0) is 61.6 Å². The van der Waals surface area contributed by atoms with Crippen molar-refractivity contribution >= 4 is 21.6 Å². The van der Waals surface area contributed by atoms with Crippen LogP contribution >= 0.6 is 0 Å². The van der Waals surface area contributed by atoms with Crippen LogP contribution in [0.25, 0.3) is 0 Å². The molecule has 0 aliphatic heterocycles. The van der Waals surface area contributed by atoms with E-state index in [0.29, 0.717) is 23.8 Å². The van der Waals surface area contributed by atoms with Crippen molar-refractivity contribution in [3.8, 4) is 5.75 Å². The Balaban J connectivity index is 1.97. The van der Waals surface area contributed by atoms with Crippen LogP contribution in [0.1, 0.15) is 52.0 Å². The summed E-state index contributed by atoms with van der Waals surface area (Å²) in [6.45, 7) is 7.83. The first-order valence-corrected chi connectivity index (χ1v) is 11.4. The third-order valence-corrected chi connectivity index (χ3v) is 6.44. The van der Waals surface area contributed by atoms with Crippen molar-refractivity contribution in [2.75, 3.05) is 11.9 Å². The zero-order valence-electron chi connectivity index (χ0n) is 17.4. The van der Waals surface area contributed by atoms with Crippen molar-refractivity contribution in [1.82, 2.24) is 4.72 Å². The van der Waals surface area contributed by atoms with Crippen LogP contribution in [0.4, 0.5) is 5.69 Å². The summed E-state index contributed by atoms with van der Waals surface area (Å²) in [7, 11) is -3.57. The average Bonchev–Trinajstić information content (AvgIpc) is 2.72. The van der Waals surface area contributed by atoms with Gasteiger partial charge in [0.25, 0.3) is 5.91 Å². The fourth-order valence-corrected chi connectivity index (χ4v) is 4.04. The fraction of sp³-hybridized carbons (Fsp3) is 0.409. The van der Waals surface area contributed by atoms with Gasteiger partial charge in [-0.3, -0.25) is 4.79 Å². The van der Waals surface area contributed by atoms with E-state index in [1.54, 1.807) is 12.1 Å². The highest BCUT2D eigenvalue weighted by Gasteiger charge is 2.16. The number of benzene rings is 2. The van der Waals surface area contributed by atoms with Gasteiger partial charge in [-0.15, -0.1) is 0 Å². The maximum Gasteiger partial charge on any atom is 0.262 e. The third kappa shape index (κ3) is 6.58. The summed E-state index contributed by atoms with van der Waals surface area (Å²) in [6, 6.07) is 13.6. The van der Waals surface area contributed by atoms with Gasteiger partial charge in [0.2, 0.25) is 10.0 Å². The normalized spacial score (nSPS) is 13.5. The molecule has 29 heavy (non-hydrogen) atoms. The molecular weight excluding hydrogens is 388 g/mol. The number of sulfonamides is 1. The van der Waals surface area contributed by atoms with E-state index in [1.807, 2.05) is 38.1 Å². The number of hydrogen-bond acceptors (Lipinski definition) is 4. The fourth-order valence-electron chi connectivity index (χ4n) is 2.71. The minimum absolute atomic E-state index is 0.122. The van der Waals surface area contributed by atoms with E-state index >= 15 is 0 Å². The van der Waals surface area contributed by atoms with Crippen LogP contribution < -0.4 is 14.8 Å². The van der Waals surface area contributed by atoms with Gasteiger partial charge in [0, 0.05) is 11.7 Å². The summed E-state index contributed by atoms with van der Waals surface area (Å²) in [5, 5.41) is 2.73. The first-order valence-electron chi connectivity index (χ1n) is 9.90. The smallest absolute Gasteiger partial charge is 0.262 e. The Morgan fingerprint density at radius 2 is 1.66 bits per heavy atom. The molecule has 0 spiro atoms. The van der Waals surface area contributed by atoms with Crippen LogP contribution in [0.2, 0.25) is 0 Å². The van der Waals surface area contributed by atoms with Crippen LogP contribution in [-0.2, 0) is 14.8 Å². The summed E-state index contributed by atoms with van der Waals surface area (Å²) < 4.78 is 32.9. The first-order chi connectivity index (χ1) is 13.8. The van der Waals surface area contributed by atoms with Crippen molar-refractivity contribution in [2.24, 2.45) is 0 Å². The Morgan fingerprint density at radius 3 is 2.28 bits per heavy atom. The van der Waals surface area contributed by atoms with Gasteiger partial charge in [-0.2, -0.15) is 0 Å². The largest absolute Gasteiger partial charge is 0.483 e. The lowest BCUT2D eigenvalue weighted by atomic mass is 9.98. The Labute approximate surface area is 173 Å². The molecule has 0 aliphatic carbocycles. The van der Waals surface area contributed by atoms with Crippen molar-refractivity contribution in [3.05, 3.63) is 54.1 Å². The summed E-state index contributed by atoms with van der Waals surface area (Å²) in [4.78, 5) is 12.4. The monoisotopic (exact) mass is 418 g/mol. The quantitative estimate of drug-likeness (QED) is 0.603. The van der Waals surface area contributed by atoms with Crippen LogP contribution in [0.5, 0.6) is 5.75 Å². The molecule has 0 fully saturated rings. The van der Waals surface area contributed by atoms with Gasteiger partial charge in [0.05, 0.1) is 4.90 Å². The van der Waals surface area contributed by atoms with Gasteiger partial charge < -0.3 is 10.1 Å².